The Morgan fingerprint density at radius 2 is 1.65 bits per heavy atom. The van der Waals surface area contributed by atoms with Crippen LogP contribution in [0.3, 0.4) is 0 Å². The van der Waals surface area contributed by atoms with Crippen LogP contribution in [-0.2, 0) is 15.2 Å². The molecule has 9 nitrogen and oxygen atoms in total. The van der Waals surface area contributed by atoms with E-state index in [0.29, 0.717) is 32.0 Å². The molecule has 4 aliphatic rings. The van der Waals surface area contributed by atoms with Gasteiger partial charge in [0.25, 0.3) is 5.91 Å². The maximum Gasteiger partial charge on any atom is 0.272 e. The van der Waals surface area contributed by atoms with Crippen LogP contribution in [0.15, 0.2) is 23.1 Å². The number of thioether (sulfide) groups is 1. The second kappa shape index (κ2) is 13.1. The normalized spacial score (nSPS) is 20.4. The Morgan fingerprint density at radius 3 is 2.35 bits per heavy atom. The summed E-state index contributed by atoms with van der Waals surface area (Å²) < 4.78 is 15.9. The maximum atomic E-state index is 12.7. The number of likely N-dealkylation sites (tertiary alicyclic amines) is 1. The minimum Gasteiger partial charge on any atom is -0.497 e. The van der Waals surface area contributed by atoms with Crippen molar-refractivity contribution < 1.29 is 19.0 Å². The summed E-state index contributed by atoms with van der Waals surface area (Å²) in [5.41, 5.74) is 3.52. The number of methoxy groups -OCH3 is 1. The van der Waals surface area contributed by atoms with Crippen LogP contribution in [0.2, 0.25) is 0 Å². The van der Waals surface area contributed by atoms with Crippen LogP contribution in [0.5, 0.6) is 5.75 Å². The Bertz CT molecular complexity index is 1010. The van der Waals surface area contributed by atoms with Crippen LogP contribution in [0, 0.1) is 0 Å². The fraction of sp³-hybridized carbons (Fsp3) is 0.630. The van der Waals surface area contributed by atoms with Crippen molar-refractivity contribution in [3.8, 4) is 17.0 Å². The van der Waals surface area contributed by atoms with E-state index in [1.165, 1.54) is 45.4 Å². The van der Waals surface area contributed by atoms with Crippen LogP contribution < -0.4 is 4.74 Å². The predicted octanol–water partition coefficient (Wildman–Crippen LogP) is 2.97. The first-order valence-corrected chi connectivity index (χ1v) is 14.5. The fourth-order valence-electron chi connectivity index (χ4n) is 5.22. The number of hydrogen-bond acceptors (Lipinski definition) is 8. The number of fused-ring (bicyclic) bond motifs is 3. The number of nitrogens with one attached hydrogen (secondary N) is 1. The lowest BCUT2D eigenvalue weighted by Crippen LogP contribution is -2.42. The summed E-state index contributed by atoms with van der Waals surface area (Å²) in [6.07, 6.45) is 4.25. The molecule has 5 heterocycles. The number of nitrogens with zero attached hydrogens (tertiary/aromatic N) is 4. The number of H-pyrrole nitrogens is 1. The zero-order valence-corrected chi connectivity index (χ0v) is 22.7. The van der Waals surface area contributed by atoms with Gasteiger partial charge in [0.15, 0.2) is 0 Å². The van der Waals surface area contributed by atoms with E-state index >= 15 is 0 Å². The third-order valence-electron chi connectivity index (χ3n) is 7.48. The highest BCUT2D eigenvalue weighted by molar-refractivity contribution is 7.98. The van der Waals surface area contributed by atoms with Crippen molar-refractivity contribution in [3.63, 3.8) is 0 Å². The van der Waals surface area contributed by atoms with Crippen molar-refractivity contribution >= 4 is 17.7 Å². The van der Waals surface area contributed by atoms with Gasteiger partial charge in [-0.25, -0.2) is 0 Å². The first kappa shape index (κ1) is 26.5. The Kier molecular flexibility index (Phi) is 9.38. The van der Waals surface area contributed by atoms with Crippen molar-refractivity contribution in [2.45, 2.75) is 29.9 Å². The van der Waals surface area contributed by atoms with Crippen LogP contribution >= 0.6 is 11.8 Å². The Balaban J connectivity index is 0.000000171. The van der Waals surface area contributed by atoms with Crippen molar-refractivity contribution in [1.82, 2.24) is 24.9 Å². The van der Waals surface area contributed by atoms with Gasteiger partial charge in [0, 0.05) is 61.0 Å². The van der Waals surface area contributed by atoms with E-state index in [4.69, 9.17) is 14.2 Å². The van der Waals surface area contributed by atoms with Gasteiger partial charge in [-0.1, -0.05) is 6.42 Å². The number of amides is 1. The number of ether oxygens (including phenoxy) is 3. The van der Waals surface area contributed by atoms with Crippen LogP contribution in [-0.4, -0.2) is 117 Å². The maximum absolute atomic E-state index is 12.7. The van der Waals surface area contributed by atoms with Crippen molar-refractivity contribution in [2.24, 2.45) is 0 Å². The van der Waals surface area contributed by atoms with Crippen LogP contribution in [0.25, 0.3) is 11.3 Å². The highest BCUT2D eigenvalue weighted by atomic mass is 32.2. The molecule has 1 amide bonds. The summed E-state index contributed by atoms with van der Waals surface area (Å²) in [6.45, 7) is 11.7. The van der Waals surface area contributed by atoms with E-state index in [1.54, 1.807) is 18.9 Å². The third-order valence-corrected chi connectivity index (χ3v) is 8.56. The number of carbonyl (C=O) groups is 1. The number of morpholine rings is 2. The van der Waals surface area contributed by atoms with E-state index in [1.807, 2.05) is 23.1 Å². The number of hydrogen-bond donors (Lipinski definition) is 1. The van der Waals surface area contributed by atoms with E-state index in [2.05, 4.69) is 20.0 Å². The number of aromatic amines is 1. The summed E-state index contributed by atoms with van der Waals surface area (Å²) in [6, 6.07) is 5.94. The predicted molar refractivity (Wildman–Crippen MR) is 144 cm³/mol. The topological polar surface area (TPSA) is 83.2 Å². The Hall–Kier alpha value is -2.11. The minimum absolute atomic E-state index is 0.0135. The largest absolute Gasteiger partial charge is 0.497 e. The lowest BCUT2D eigenvalue weighted by molar-refractivity contribution is 0.0298. The monoisotopic (exact) mass is 529 g/mol. The number of carbonyl (C=O) groups excluding carboxylic acids is 1. The average Bonchev–Trinajstić information content (AvgIpc) is 3.42. The molecule has 6 rings (SSSR count). The van der Waals surface area contributed by atoms with Gasteiger partial charge in [0.05, 0.1) is 39.2 Å². The molecule has 4 aliphatic heterocycles. The lowest BCUT2D eigenvalue weighted by Gasteiger charge is -2.31. The standard InChI is InChI=1S/C16H17N3O3S.C11H22N2O/c1-21-10-2-3-11-13(8-10)23-9-12-14(11)17-18-15(12)16(20)19-4-6-22-7-5-19;1-2-4-12(5-3-1)6-7-13-8-10-14-11-9-13/h2-3,8H,4-7,9H2,1H3,(H,17,18);1-11H2. The second-order valence-corrected chi connectivity index (χ2v) is 10.9. The van der Waals surface area contributed by atoms with Gasteiger partial charge >= 0.3 is 0 Å². The molecule has 202 valence electrons. The van der Waals surface area contributed by atoms with E-state index in [9.17, 15) is 4.79 Å². The second-order valence-electron chi connectivity index (χ2n) is 9.84. The summed E-state index contributed by atoms with van der Waals surface area (Å²) in [5.74, 6) is 1.58. The minimum atomic E-state index is 0.0135. The van der Waals surface area contributed by atoms with Gasteiger partial charge in [0.1, 0.15) is 11.4 Å². The zero-order valence-electron chi connectivity index (χ0n) is 21.9. The van der Waals surface area contributed by atoms with Crippen LogP contribution in [0.1, 0.15) is 35.3 Å². The Morgan fingerprint density at radius 1 is 0.973 bits per heavy atom. The summed E-state index contributed by atoms with van der Waals surface area (Å²) in [4.78, 5) is 20.8. The molecule has 37 heavy (non-hydrogen) atoms. The molecule has 1 aromatic heterocycles. The molecule has 0 aliphatic carbocycles. The highest BCUT2D eigenvalue weighted by Crippen LogP contribution is 2.43. The number of piperidine rings is 1. The first-order valence-electron chi connectivity index (χ1n) is 13.5. The molecule has 1 N–H and O–H groups in total. The molecule has 3 fully saturated rings. The molecular weight excluding hydrogens is 490 g/mol. The third kappa shape index (κ3) is 6.67. The molecule has 0 spiro atoms. The molecule has 0 bridgehead atoms. The summed E-state index contributed by atoms with van der Waals surface area (Å²) in [7, 11) is 1.66. The molecule has 0 atom stereocenters. The quantitative estimate of drug-likeness (QED) is 0.633. The highest BCUT2D eigenvalue weighted by Gasteiger charge is 2.29. The number of aromatic nitrogens is 2. The van der Waals surface area contributed by atoms with Gasteiger partial charge in [-0.2, -0.15) is 5.10 Å². The fourth-order valence-corrected chi connectivity index (χ4v) is 6.32. The first-order chi connectivity index (χ1) is 18.2. The molecule has 10 heteroatoms. The van der Waals surface area contributed by atoms with E-state index in [0.717, 1.165) is 59.5 Å². The van der Waals surface area contributed by atoms with Crippen molar-refractivity contribution in [1.29, 1.82) is 0 Å². The zero-order chi connectivity index (χ0) is 25.5. The Labute approximate surface area is 223 Å². The van der Waals surface area contributed by atoms with Gasteiger partial charge in [-0.15, -0.1) is 11.8 Å². The molecular formula is C27H39N5O4S. The smallest absolute Gasteiger partial charge is 0.272 e. The molecule has 0 unspecified atom stereocenters. The number of rotatable bonds is 5. The summed E-state index contributed by atoms with van der Waals surface area (Å²) >= 11 is 1.71. The molecule has 1 aromatic carbocycles. The van der Waals surface area contributed by atoms with Crippen molar-refractivity contribution in [3.05, 3.63) is 29.5 Å². The average molecular weight is 530 g/mol. The lowest BCUT2D eigenvalue weighted by atomic mass is 10.1. The molecule has 2 aromatic rings. The molecule has 3 saturated heterocycles. The summed E-state index contributed by atoms with van der Waals surface area (Å²) in [5, 5.41) is 7.37. The van der Waals surface area contributed by atoms with Gasteiger partial charge in [0.2, 0.25) is 0 Å². The van der Waals surface area contributed by atoms with Crippen molar-refractivity contribution in [2.75, 3.05) is 85.9 Å². The van der Waals surface area contributed by atoms with E-state index in [-0.39, 0.29) is 5.91 Å². The molecule has 0 saturated carbocycles. The van der Waals surface area contributed by atoms with E-state index < -0.39 is 0 Å². The van der Waals surface area contributed by atoms with Gasteiger partial charge < -0.3 is 24.0 Å². The molecule has 0 radical (unpaired) electrons. The number of benzene rings is 1. The van der Waals surface area contributed by atoms with Gasteiger partial charge in [-0.05, 0) is 44.1 Å². The van der Waals surface area contributed by atoms with Crippen LogP contribution in [0.4, 0.5) is 0 Å². The van der Waals surface area contributed by atoms with Gasteiger partial charge in [-0.3, -0.25) is 14.8 Å². The SMILES string of the molecule is C1CCN(CCN2CCOCC2)CC1.COc1ccc2c(c1)SCc1c-2n[nH]c1C(=O)N1CCOCC1.